The first-order valence-corrected chi connectivity index (χ1v) is 7.93. The van der Waals surface area contributed by atoms with Gasteiger partial charge in [-0.1, -0.05) is 28.1 Å². The monoisotopic (exact) mass is 326 g/mol. The summed E-state index contributed by atoms with van der Waals surface area (Å²) in [5.74, 6) is 0. The van der Waals surface area contributed by atoms with Crippen LogP contribution in [0, 0.1) is 0 Å². The molecule has 0 aliphatic carbocycles. The summed E-state index contributed by atoms with van der Waals surface area (Å²) in [6.45, 7) is 2.85. The number of hydrogen-bond donors (Lipinski definition) is 1. The van der Waals surface area contributed by atoms with Crippen molar-refractivity contribution in [3.63, 3.8) is 0 Å². The van der Waals surface area contributed by atoms with Gasteiger partial charge < -0.3 is 9.84 Å². The number of hydrogen-bond acceptors (Lipinski definition) is 2. The van der Waals surface area contributed by atoms with E-state index in [1.54, 1.807) is 0 Å². The van der Waals surface area contributed by atoms with Crippen molar-refractivity contribution < 1.29 is 9.84 Å². The van der Waals surface area contributed by atoms with E-state index in [9.17, 15) is 5.11 Å². The highest BCUT2D eigenvalue weighted by Gasteiger charge is 2.22. The molecular formula is C16H23BrO2. The standard InChI is InChI=1S/C16H23BrO2/c1-16(18,10-2-4-15-5-3-11-19-15)12-13-6-8-14(17)9-7-13/h6-9,15,18H,2-5,10-12H2,1H3. The largest absolute Gasteiger partial charge is 0.390 e. The maximum atomic E-state index is 10.5. The summed E-state index contributed by atoms with van der Waals surface area (Å²) < 4.78 is 6.69. The van der Waals surface area contributed by atoms with E-state index in [0.29, 0.717) is 12.5 Å². The molecule has 1 aliphatic heterocycles. The van der Waals surface area contributed by atoms with Gasteiger partial charge in [-0.15, -0.1) is 0 Å². The lowest BCUT2D eigenvalue weighted by Gasteiger charge is -2.24. The highest BCUT2D eigenvalue weighted by molar-refractivity contribution is 9.10. The first kappa shape index (κ1) is 15.0. The quantitative estimate of drug-likeness (QED) is 0.853. The number of halogens is 1. The topological polar surface area (TPSA) is 29.5 Å². The van der Waals surface area contributed by atoms with Gasteiger partial charge in [-0.25, -0.2) is 0 Å². The second kappa shape index (κ2) is 6.87. The maximum Gasteiger partial charge on any atom is 0.0660 e. The van der Waals surface area contributed by atoms with E-state index in [4.69, 9.17) is 4.74 Å². The Hall–Kier alpha value is -0.380. The van der Waals surface area contributed by atoms with Crippen molar-refractivity contribution in [2.24, 2.45) is 0 Å². The van der Waals surface area contributed by atoms with Gasteiger partial charge in [-0.3, -0.25) is 0 Å². The molecule has 0 amide bonds. The summed E-state index contributed by atoms with van der Waals surface area (Å²) in [5, 5.41) is 10.5. The molecule has 0 radical (unpaired) electrons. The molecule has 2 nitrogen and oxygen atoms in total. The summed E-state index contributed by atoms with van der Waals surface area (Å²) in [6.07, 6.45) is 6.48. The Balaban J connectivity index is 1.75. The zero-order valence-electron chi connectivity index (χ0n) is 11.6. The highest BCUT2D eigenvalue weighted by Crippen LogP contribution is 2.24. The van der Waals surface area contributed by atoms with Gasteiger partial charge in [0.2, 0.25) is 0 Å². The summed E-state index contributed by atoms with van der Waals surface area (Å²) in [6, 6.07) is 8.19. The Bertz CT molecular complexity index is 380. The van der Waals surface area contributed by atoms with Crippen LogP contribution in [0.3, 0.4) is 0 Å². The van der Waals surface area contributed by atoms with Crippen LogP contribution in [0.4, 0.5) is 0 Å². The van der Waals surface area contributed by atoms with Gasteiger partial charge in [0, 0.05) is 17.5 Å². The predicted molar refractivity (Wildman–Crippen MR) is 81.3 cm³/mol. The van der Waals surface area contributed by atoms with Crippen molar-refractivity contribution >= 4 is 15.9 Å². The fourth-order valence-electron chi connectivity index (χ4n) is 2.71. The van der Waals surface area contributed by atoms with Gasteiger partial charge >= 0.3 is 0 Å². The number of benzene rings is 1. The first-order valence-electron chi connectivity index (χ1n) is 7.14. The van der Waals surface area contributed by atoms with Crippen LogP contribution in [0.15, 0.2) is 28.7 Å². The molecule has 0 bridgehead atoms. The number of aliphatic hydroxyl groups is 1. The van der Waals surface area contributed by atoms with E-state index < -0.39 is 5.60 Å². The minimum absolute atomic E-state index is 0.434. The lowest BCUT2D eigenvalue weighted by Crippen LogP contribution is -2.27. The third-order valence-corrected chi connectivity index (χ3v) is 4.29. The van der Waals surface area contributed by atoms with E-state index in [1.807, 2.05) is 19.1 Å². The lowest BCUT2D eigenvalue weighted by molar-refractivity contribution is 0.0406. The van der Waals surface area contributed by atoms with E-state index in [2.05, 4.69) is 28.1 Å². The van der Waals surface area contributed by atoms with Crippen LogP contribution in [-0.2, 0) is 11.2 Å². The Labute approximate surface area is 124 Å². The van der Waals surface area contributed by atoms with Crippen LogP contribution in [0.1, 0.15) is 44.6 Å². The molecule has 1 aliphatic rings. The van der Waals surface area contributed by atoms with E-state index >= 15 is 0 Å². The molecule has 0 spiro atoms. The second-order valence-electron chi connectivity index (χ2n) is 5.83. The van der Waals surface area contributed by atoms with Crippen molar-refractivity contribution in [1.29, 1.82) is 0 Å². The minimum Gasteiger partial charge on any atom is -0.390 e. The van der Waals surface area contributed by atoms with Gasteiger partial charge in [-0.05, 0) is 56.7 Å². The van der Waals surface area contributed by atoms with Crippen molar-refractivity contribution in [1.82, 2.24) is 0 Å². The third kappa shape index (κ3) is 5.25. The summed E-state index contributed by atoms with van der Waals surface area (Å²) in [7, 11) is 0. The van der Waals surface area contributed by atoms with Crippen LogP contribution in [0.2, 0.25) is 0 Å². The van der Waals surface area contributed by atoms with Crippen LogP contribution in [0.5, 0.6) is 0 Å². The van der Waals surface area contributed by atoms with Gasteiger partial charge in [0.05, 0.1) is 11.7 Å². The molecule has 1 aromatic carbocycles. The third-order valence-electron chi connectivity index (χ3n) is 3.76. The molecule has 1 heterocycles. The summed E-state index contributed by atoms with van der Waals surface area (Å²) in [4.78, 5) is 0. The average molecular weight is 327 g/mol. The van der Waals surface area contributed by atoms with E-state index in [0.717, 1.165) is 30.3 Å². The van der Waals surface area contributed by atoms with E-state index in [-0.39, 0.29) is 0 Å². The highest BCUT2D eigenvalue weighted by atomic mass is 79.9. The molecule has 2 unspecified atom stereocenters. The molecule has 0 saturated carbocycles. The first-order chi connectivity index (χ1) is 9.05. The zero-order valence-corrected chi connectivity index (χ0v) is 13.2. The Kier molecular flexibility index (Phi) is 5.43. The van der Waals surface area contributed by atoms with Crippen molar-refractivity contribution in [3.8, 4) is 0 Å². The SMILES string of the molecule is CC(O)(CCCC1CCCO1)Cc1ccc(Br)cc1. The second-order valence-corrected chi connectivity index (χ2v) is 6.74. The van der Waals surface area contributed by atoms with Gasteiger partial charge in [0.1, 0.15) is 0 Å². The van der Waals surface area contributed by atoms with Crippen molar-refractivity contribution in [2.45, 2.75) is 57.2 Å². The molecule has 1 N–H and O–H groups in total. The fraction of sp³-hybridized carbons (Fsp3) is 0.625. The molecular weight excluding hydrogens is 304 g/mol. The number of ether oxygens (including phenoxy) is 1. The molecule has 1 aromatic rings. The van der Waals surface area contributed by atoms with Crippen LogP contribution >= 0.6 is 15.9 Å². The van der Waals surface area contributed by atoms with Gasteiger partial charge in [-0.2, -0.15) is 0 Å². The average Bonchev–Trinajstić information content (AvgIpc) is 2.85. The molecule has 0 aromatic heterocycles. The molecule has 1 saturated heterocycles. The minimum atomic E-state index is -0.619. The Morgan fingerprint density at radius 2 is 2.11 bits per heavy atom. The van der Waals surface area contributed by atoms with Gasteiger partial charge in [0.15, 0.2) is 0 Å². The molecule has 1 fully saturated rings. The predicted octanol–water partition coefficient (Wildman–Crippen LogP) is 4.09. The summed E-state index contributed by atoms with van der Waals surface area (Å²) in [5.41, 5.74) is 0.567. The molecule has 2 rings (SSSR count). The van der Waals surface area contributed by atoms with Crippen LogP contribution in [-0.4, -0.2) is 23.4 Å². The lowest BCUT2D eigenvalue weighted by atomic mass is 9.90. The van der Waals surface area contributed by atoms with Crippen molar-refractivity contribution in [2.75, 3.05) is 6.61 Å². The van der Waals surface area contributed by atoms with Crippen molar-refractivity contribution in [3.05, 3.63) is 34.3 Å². The normalized spacial score (nSPS) is 22.4. The van der Waals surface area contributed by atoms with Crippen LogP contribution < -0.4 is 0 Å². The molecule has 19 heavy (non-hydrogen) atoms. The molecule has 2 atom stereocenters. The molecule has 106 valence electrons. The Morgan fingerprint density at radius 1 is 1.37 bits per heavy atom. The van der Waals surface area contributed by atoms with E-state index in [1.165, 1.54) is 18.4 Å². The molecule has 3 heteroatoms. The fourth-order valence-corrected chi connectivity index (χ4v) is 2.98. The Morgan fingerprint density at radius 3 is 2.74 bits per heavy atom. The smallest absolute Gasteiger partial charge is 0.0660 e. The number of rotatable bonds is 6. The summed E-state index contributed by atoms with van der Waals surface area (Å²) >= 11 is 3.43. The zero-order chi connectivity index (χ0) is 13.7. The van der Waals surface area contributed by atoms with Crippen LogP contribution in [0.25, 0.3) is 0 Å². The van der Waals surface area contributed by atoms with Gasteiger partial charge in [0.25, 0.3) is 0 Å². The maximum absolute atomic E-state index is 10.5.